The zero-order valence-corrected chi connectivity index (χ0v) is 22.5. The summed E-state index contributed by atoms with van der Waals surface area (Å²) in [4.78, 5) is 34.0. The lowest BCUT2D eigenvalue weighted by Gasteiger charge is -2.42. The number of carbonyl (C=O) groups is 2. The van der Waals surface area contributed by atoms with E-state index in [1.807, 2.05) is 24.0 Å². The second kappa shape index (κ2) is 11.7. The molecule has 2 heterocycles. The molecule has 2 N–H and O–H groups in total. The number of piperazine rings is 1. The van der Waals surface area contributed by atoms with E-state index in [2.05, 4.69) is 10.3 Å². The summed E-state index contributed by atoms with van der Waals surface area (Å²) in [6.07, 6.45) is 0.0660. The molecule has 4 aromatic rings. The number of nitrogens with zero attached hydrogens (tertiary/aromatic N) is 3. The monoisotopic (exact) mass is 562 g/mol. The Morgan fingerprint density at radius 1 is 1.00 bits per heavy atom. The third-order valence-corrected chi connectivity index (χ3v) is 7.51. The van der Waals surface area contributed by atoms with Crippen LogP contribution >= 0.6 is 0 Å². The number of hydrogen-bond donors (Lipinski definition) is 2. The molecular formula is C31H29F3N4O3. The topological polar surface area (TPSA) is 85.8 Å². The van der Waals surface area contributed by atoms with Gasteiger partial charge in [-0.1, -0.05) is 18.2 Å². The van der Waals surface area contributed by atoms with Crippen molar-refractivity contribution in [3.63, 3.8) is 0 Å². The lowest BCUT2D eigenvalue weighted by Crippen LogP contribution is -2.54. The summed E-state index contributed by atoms with van der Waals surface area (Å²) in [5.74, 6) is -3.58. The van der Waals surface area contributed by atoms with Crippen LogP contribution in [0.5, 0.6) is 0 Å². The van der Waals surface area contributed by atoms with Crippen molar-refractivity contribution < 1.29 is 27.9 Å². The summed E-state index contributed by atoms with van der Waals surface area (Å²) in [7, 11) is 0. The number of anilines is 1. The summed E-state index contributed by atoms with van der Waals surface area (Å²) in [6.45, 7) is 4.60. The summed E-state index contributed by atoms with van der Waals surface area (Å²) < 4.78 is 42.0. The molecule has 41 heavy (non-hydrogen) atoms. The first-order valence-electron chi connectivity index (χ1n) is 13.3. The zero-order chi connectivity index (χ0) is 29.3. The Balaban J connectivity index is 1.22. The summed E-state index contributed by atoms with van der Waals surface area (Å²) in [5.41, 5.74) is 1.46. The van der Waals surface area contributed by atoms with Crippen LogP contribution in [-0.4, -0.2) is 63.5 Å². The van der Waals surface area contributed by atoms with Gasteiger partial charge in [-0.2, -0.15) is 0 Å². The molecule has 1 fully saturated rings. The maximum absolute atomic E-state index is 14.3. The van der Waals surface area contributed by atoms with Crippen molar-refractivity contribution in [2.24, 2.45) is 0 Å². The molecule has 1 aliphatic rings. The quantitative estimate of drug-likeness (QED) is 0.239. The van der Waals surface area contributed by atoms with E-state index in [-0.39, 0.29) is 17.5 Å². The molecule has 1 aliphatic heterocycles. The first kappa shape index (κ1) is 28.3. The second-order valence-corrected chi connectivity index (χ2v) is 10.2. The third kappa shape index (κ3) is 5.79. The van der Waals surface area contributed by atoms with Crippen LogP contribution in [0.2, 0.25) is 0 Å². The van der Waals surface area contributed by atoms with Crippen LogP contribution < -0.4 is 5.32 Å². The van der Waals surface area contributed by atoms with Gasteiger partial charge in [0.1, 0.15) is 17.5 Å². The number of Topliss-reactive ketones (excluding diaryl/α,β-unsaturated/α-hetero) is 1. The number of pyridine rings is 1. The first-order valence-corrected chi connectivity index (χ1v) is 13.3. The number of aliphatic hydroxyl groups is 1. The molecule has 1 aromatic heterocycles. The van der Waals surface area contributed by atoms with Gasteiger partial charge in [0.05, 0.1) is 5.52 Å². The number of aromatic nitrogens is 1. The minimum Gasteiger partial charge on any atom is -0.367 e. The molecule has 0 bridgehead atoms. The molecule has 212 valence electrons. The zero-order valence-electron chi connectivity index (χ0n) is 22.5. The van der Waals surface area contributed by atoms with Crippen LogP contribution in [0.15, 0.2) is 72.9 Å². The molecule has 1 saturated heterocycles. The molecule has 3 aromatic carbocycles. The van der Waals surface area contributed by atoms with Crippen molar-refractivity contribution in [1.29, 1.82) is 0 Å². The van der Waals surface area contributed by atoms with Gasteiger partial charge in [0.15, 0.2) is 6.23 Å². The van der Waals surface area contributed by atoms with Crippen molar-refractivity contribution in [1.82, 2.24) is 14.8 Å². The number of aliphatic hydroxyl groups excluding tert-OH is 1. The summed E-state index contributed by atoms with van der Waals surface area (Å²) in [6, 6.07) is 15.6. The number of halogens is 3. The van der Waals surface area contributed by atoms with Gasteiger partial charge < -0.3 is 15.3 Å². The molecule has 2 unspecified atom stereocenters. The molecule has 3 atom stereocenters. The molecule has 0 radical (unpaired) electrons. The average molecular weight is 563 g/mol. The van der Waals surface area contributed by atoms with E-state index in [1.165, 1.54) is 0 Å². The Bertz CT molecular complexity index is 1570. The van der Waals surface area contributed by atoms with Crippen LogP contribution in [-0.2, 0) is 0 Å². The fourth-order valence-corrected chi connectivity index (χ4v) is 5.32. The Morgan fingerprint density at radius 2 is 1.68 bits per heavy atom. The van der Waals surface area contributed by atoms with Crippen LogP contribution in [0.4, 0.5) is 18.9 Å². The largest absolute Gasteiger partial charge is 0.367 e. The maximum Gasteiger partial charge on any atom is 0.254 e. The predicted octanol–water partition coefficient (Wildman–Crippen LogP) is 5.17. The third-order valence-electron chi connectivity index (χ3n) is 7.51. The Morgan fingerprint density at radius 3 is 2.37 bits per heavy atom. The van der Waals surface area contributed by atoms with E-state index in [0.717, 1.165) is 5.39 Å². The summed E-state index contributed by atoms with van der Waals surface area (Å²) >= 11 is 0. The van der Waals surface area contributed by atoms with Crippen LogP contribution in [0, 0.1) is 17.5 Å². The van der Waals surface area contributed by atoms with Crippen molar-refractivity contribution in [2.75, 3.05) is 25.0 Å². The highest BCUT2D eigenvalue weighted by atomic mass is 19.1. The number of fused-ring (bicyclic) bond motifs is 1. The van der Waals surface area contributed by atoms with Crippen LogP contribution in [0.3, 0.4) is 0 Å². The van der Waals surface area contributed by atoms with Crippen molar-refractivity contribution in [2.45, 2.75) is 32.2 Å². The molecule has 0 aliphatic carbocycles. The highest BCUT2D eigenvalue weighted by Gasteiger charge is 2.32. The number of carbonyl (C=O) groups excluding carboxylic acids is 2. The van der Waals surface area contributed by atoms with Gasteiger partial charge in [-0.15, -0.1) is 0 Å². The number of para-hydroxylation sites is 1. The molecule has 7 nitrogen and oxygen atoms in total. The SMILES string of the molecule is CC(c1c(F)cc(F)cc1F)N1CCN(C(=O)c2ccc(NC(O)C(=O)c3cccc4cccnc34)cc2)[C@H](C)C1. The molecule has 1 amide bonds. The van der Waals surface area contributed by atoms with E-state index in [9.17, 15) is 27.9 Å². The van der Waals surface area contributed by atoms with Gasteiger partial charge in [0, 0.05) is 77.8 Å². The van der Waals surface area contributed by atoms with Gasteiger partial charge >= 0.3 is 0 Å². The second-order valence-electron chi connectivity index (χ2n) is 10.2. The van der Waals surface area contributed by atoms with E-state index >= 15 is 0 Å². The smallest absolute Gasteiger partial charge is 0.254 e. The first-order chi connectivity index (χ1) is 19.6. The van der Waals surface area contributed by atoms with Crippen LogP contribution in [0.25, 0.3) is 10.9 Å². The van der Waals surface area contributed by atoms with E-state index < -0.39 is 35.5 Å². The normalized spacial score (nSPS) is 17.3. The van der Waals surface area contributed by atoms with Gasteiger partial charge in [-0.05, 0) is 50.2 Å². The number of nitrogens with one attached hydrogen (secondary N) is 1. The maximum atomic E-state index is 14.3. The van der Waals surface area contributed by atoms with Crippen molar-refractivity contribution in [3.05, 3.63) is 107 Å². The summed E-state index contributed by atoms with van der Waals surface area (Å²) in [5, 5.41) is 14.1. The van der Waals surface area contributed by atoms with Gasteiger partial charge in [0.25, 0.3) is 5.91 Å². The number of hydrogen-bond acceptors (Lipinski definition) is 6. The number of benzene rings is 3. The minimum atomic E-state index is -1.52. The molecule has 0 spiro atoms. The Kier molecular flexibility index (Phi) is 8.05. The van der Waals surface area contributed by atoms with Crippen molar-refractivity contribution >= 4 is 28.3 Å². The number of ketones is 1. The van der Waals surface area contributed by atoms with Crippen molar-refractivity contribution in [3.8, 4) is 0 Å². The van der Waals surface area contributed by atoms with E-state index in [4.69, 9.17) is 0 Å². The number of amides is 1. The Hall–Kier alpha value is -4.28. The van der Waals surface area contributed by atoms with Gasteiger partial charge in [-0.25, -0.2) is 13.2 Å². The number of rotatable bonds is 7. The predicted molar refractivity (Wildman–Crippen MR) is 149 cm³/mol. The van der Waals surface area contributed by atoms with Crippen LogP contribution in [0.1, 0.15) is 46.2 Å². The lowest BCUT2D eigenvalue weighted by atomic mass is 10.0. The average Bonchev–Trinajstić information content (AvgIpc) is 2.96. The van der Waals surface area contributed by atoms with E-state index in [0.29, 0.717) is 54.1 Å². The highest BCUT2D eigenvalue weighted by Crippen LogP contribution is 2.29. The fourth-order valence-electron chi connectivity index (χ4n) is 5.32. The molecule has 5 rings (SSSR count). The fraction of sp³-hybridized carbons (Fsp3) is 0.258. The lowest BCUT2D eigenvalue weighted by molar-refractivity contribution is 0.0397. The molecule has 0 saturated carbocycles. The van der Waals surface area contributed by atoms with E-state index in [1.54, 1.807) is 60.5 Å². The molecular weight excluding hydrogens is 533 g/mol. The standard InChI is InChI=1S/C31H29F3N4O3/c1-18-17-37(19(2)27-25(33)15-22(32)16-26(27)34)13-14-38(18)31(41)21-8-10-23(11-9-21)36-30(40)29(39)24-7-3-5-20-6-4-12-35-28(20)24/h3-12,15-16,18-19,30,36,40H,13-14,17H2,1-2H3/t18-,19?,30?/m1/s1. The Labute approximate surface area is 235 Å². The van der Waals surface area contributed by atoms with Gasteiger partial charge in [0.2, 0.25) is 5.78 Å². The molecule has 10 heteroatoms. The van der Waals surface area contributed by atoms with Gasteiger partial charge in [-0.3, -0.25) is 19.5 Å². The highest BCUT2D eigenvalue weighted by molar-refractivity contribution is 6.09. The minimum absolute atomic E-state index is 0.196.